The van der Waals surface area contributed by atoms with E-state index in [0.29, 0.717) is 47.1 Å². The Balaban J connectivity index is 0.880. The smallest absolute Gasteiger partial charge is 0.321 e. The number of carbonyl (C=O) groups is 3. The van der Waals surface area contributed by atoms with Crippen molar-refractivity contribution in [2.45, 2.75) is 75.0 Å². The quantitative estimate of drug-likeness (QED) is 0.153. The van der Waals surface area contributed by atoms with E-state index in [-0.39, 0.29) is 37.1 Å². The van der Waals surface area contributed by atoms with E-state index < -0.39 is 59.5 Å². The molecule has 3 fully saturated rings. The lowest BCUT2D eigenvalue weighted by Gasteiger charge is -2.41. The van der Waals surface area contributed by atoms with Gasteiger partial charge < -0.3 is 10.3 Å². The standard InChI is InChI=1S/C38H38F5N9O4/c1-49-32(53)12-11-30(35(49)55)52-29-4-2-3-25(33(29)47-36(52)56)26-13-14-50(20-37(26,39)40)18-21-5-8-24(9-6-21)51-19-22-15-23(7-10-27(22)48-51)45-34(54)28-16-44-17-31(46-28)38(41,42)43/h2-4,7,10,15-17,19,21,24,26,30H,5-6,8-9,11-14,18,20H2,1H3,(H,45,54)(H,47,56)/t21?,24?,26-,30?/m0/s1. The van der Waals surface area contributed by atoms with Crippen LogP contribution in [0.1, 0.15) is 84.7 Å². The van der Waals surface area contributed by atoms with E-state index in [9.17, 15) is 32.3 Å². The summed E-state index contributed by atoms with van der Waals surface area (Å²) in [6.45, 7) is 0.568. The Labute approximate surface area is 315 Å². The van der Waals surface area contributed by atoms with Crippen LogP contribution in [0.3, 0.4) is 0 Å². The normalized spacial score (nSPS) is 23.6. The highest BCUT2D eigenvalue weighted by Gasteiger charge is 2.47. The predicted octanol–water partition coefficient (Wildman–Crippen LogP) is 5.92. The summed E-state index contributed by atoms with van der Waals surface area (Å²) in [7, 11) is 1.38. The zero-order chi connectivity index (χ0) is 39.5. The Hall–Kier alpha value is -5.52. The van der Waals surface area contributed by atoms with E-state index in [1.807, 2.05) is 15.8 Å². The minimum Gasteiger partial charge on any atom is -0.321 e. The van der Waals surface area contributed by atoms with Crippen LogP contribution >= 0.6 is 0 Å². The number of likely N-dealkylation sites (tertiary alicyclic amines) is 2. The van der Waals surface area contributed by atoms with Crippen molar-refractivity contribution in [1.29, 1.82) is 0 Å². The number of hydrogen-bond donors (Lipinski definition) is 2. The van der Waals surface area contributed by atoms with Crippen LogP contribution in [0.5, 0.6) is 0 Å². The van der Waals surface area contributed by atoms with Gasteiger partial charge in [-0.3, -0.25) is 38.4 Å². The summed E-state index contributed by atoms with van der Waals surface area (Å²) in [6.07, 6.45) is 2.31. The Bertz CT molecular complexity index is 2400. The molecule has 3 amide bonds. The van der Waals surface area contributed by atoms with Crippen LogP contribution in [0.25, 0.3) is 21.9 Å². The van der Waals surface area contributed by atoms with Crippen LogP contribution in [0.4, 0.5) is 27.6 Å². The summed E-state index contributed by atoms with van der Waals surface area (Å²) in [4.78, 5) is 63.2. The molecule has 1 saturated carbocycles. The minimum atomic E-state index is -4.74. The highest BCUT2D eigenvalue weighted by molar-refractivity contribution is 6.03. The van der Waals surface area contributed by atoms with Gasteiger partial charge in [0.25, 0.3) is 17.7 Å². The topological polar surface area (TPSA) is 151 Å². The summed E-state index contributed by atoms with van der Waals surface area (Å²) in [5.74, 6) is -5.66. The number of amides is 3. The molecule has 8 rings (SSSR count). The molecule has 0 radical (unpaired) electrons. The highest BCUT2D eigenvalue weighted by atomic mass is 19.4. The maximum absolute atomic E-state index is 16.0. The van der Waals surface area contributed by atoms with Crippen LogP contribution in [-0.4, -0.2) is 89.4 Å². The van der Waals surface area contributed by atoms with Crippen LogP contribution < -0.4 is 11.0 Å². The molecule has 2 N–H and O–H groups in total. The van der Waals surface area contributed by atoms with Gasteiger partial charge in [0.15, 0.2) is 5.69 Å². The average Bonchev–Trinajstić information content (AvgIpc) is 3.74. The lowest BCUT2D eigenvalue weighted by atomic mass is 9.83. The van der Waals surface area contributed by atoms with Crippen molar-refractivity contribution < 1.29 is 36.3 Å². The van der Waals surface area contributed by atoms with Gasteiger partial charge in [0.2, 0.25) is 5.91 Å². The Morgan fingerprint density at radius 3 is 2.55 bits per heavy atom. The first-order valence-electron chi connectivity index (χ1n) is 18.5. The highest BCUT2D eigenvalue weighted by Crippen LogP contribution is 2.43. The SMILES string of the molecule is CN1C(=O)CCC(n2c(=O)[nH]c3c([C@@H]4CCN(CC5CCC(n6cc7cc(NC(=O)c8cncc(C(F)(F)F)n8)ccc7n6)CC5)CC4(F)F)cccc32)C1=O. The number of likely N-dealkylation sites (N-methyl/N-ethyl adjacent to an activating group) is 1. The number of para-hydroxylation sites is 1. The van der Waals surface area contributed by atoms with Gasteiger partial charge in [0.1, 0.15) is 11.7 Å². The molecule has 56 heavy (non-hydrogen) atoms. The van der Waals surface area contributed by atoms with Gasteiger partial charge >= 0.3 is 11.9 Å². The summed E-state index contributed by atoms with van der Waals surface area (Å²) in [5.41, 5.74) is -0.278. The lowest BCUT2D eigenvalue weighted by Crippen LogP contribution is -2.49. The van der Waals surface area contributed by atoms with E-state index >= 15 is 8.78 Å². The molecule has 18 heteroatoms. The third-order valence-corrected chi connectivity index (χ3v) is 11.4. The second-order valence-corrected chi connectivity index (χ2v) is 15.0. The van der Waals surface area contributed by atoms with Crippen molar-refractivity contribution in [3.63, 3.8) is 0 Å². The number of nitrogens with one attached hydrogen (secondary N) is 2. The number of alkyl halides is 5. The first-order chi connectivity index (χ1) is 26.7. The van der Waals surface area contributed by atoms with Gasteiger partial charge in [-0.1, -0.05) is 12.1 Å². The maximum atomic E-state index is 16.0. The molecule has 1 aliphatic carbocycles. The zero-order valence-corrected chi connectivity index (χ0v) is 30.2. The molecular weight excluding hydrogens is 741 g/mol. The number of aromatic nitrogens is 6. The number of rotatable bonds is 7. The average molecular weight is 780 g/mol. The predicted molar refractivity (Wildman–Crippen MR) is 193 cm³/mol. The lowest BCUT2D eigenvalue weighted by molar-refractivity contribution is -0.149. The van der Waals surface area contributed by atoms with Crippen LogP contribution in [0, 0.1) is 5.92 Å². The molecule has 2 aromatic carbocycles. The van der Waals surface area contributed by atoms with E-state index in [2.05, 4.69) is 20.3 Å². The molecule has 0 bridgehead atoms. The van der Waals surface area contributed by atoms with Gasteiger partial charge in [-0.05, 0) is 80.8 Å². The molecule has 3 aliphatic rings. The van der Waals surface area contributed by atoms with E-state index in [1.54, 1.807) is 36.4 Å². The molecule has 5 heterocycles. The van der Waals surface area contributed by atoms with Gasteiger partial charge in [0.05, 0.1) is 47.4 Å². The minimum absolute atomic E-state index is 0.0870. The number of H-pyrrole nitrogens is 1. The molecule has 2 saturated heterocycles. The summed E-state index contributed by atoms with van der Waals surface area (Å²) in [5, 5.41) is 8.00. The zero-order valence-electron chi connectivity index (χ0n) is 30.2. The van der Waals surface area contributed by atoms with Crippen LogP contribution in [0.2, 0.25) is 0 Å². The molecule has 294 valence electrons. The number of imidazole rings is 1. The Kier molecular flexibility index (Phi) is 9.49. The van der Waals surface area contributed by atoms with E-state index in [1.165, 1.54) is 11.6 Å². The van der Waals surface area contributed by atoms with Gasteiger partial charge in [-0.25, -0.2) is 18.6 Å². The van der Waals surface area contributed by atoms with Crippen molar-refractivity contribution in [2.75, 3.05) is 32.0 Å². The van der Waals surface area contributed by atoms with Gasteiger partial charge in [-0.15, -0.1) is 0 Å². The van der Waals surface area contributed by atoms with Crippen molar-refractivity contribution in [3.05, 3.63) is 82.4 Å². The number of benzene rings is 2. The molecular formula is C38H38F5N9O4. The summed E-state index contributed by atoms with van der Waals surface area (Å²) in [6, 6.07) is 9.06. The molecule has 2 atom stereocenters. The van der Waals surface area contributed by atoms with Crippen molar-refractivity contribution in [1.82, 2.24) is 39.1 Å². The fraction of sp³-hybridized carbons (Fsp3) is 0.447. The number of carbonyl (C=O) groups excluding carboxylic acids is 3. The number of halogens is 5. The number of hydrogen-bond acceptors (Lipinski definition) is 8. The van der Waals surface area contributed by atoms with Crippen molar-refractivity contribution in [2.24, 2.45) is 5.92 Å². The monoisotopic (exact) mass is 779 g/mol. The van der Waals surface area contributed by atoms with E-state index in [0.717, 1.165) is 42.2 Å². The number of imide groups is 1. The number of anilines is 1. The third-order valence-electron chi connectivity index (χ3n) is 11.4. The molecule has 1 unspecified atom stereocenters. The molecule has 3 aromatic heterocycles. The second kappa shape index (κ2) is 14.2. The van der Waals surface area contributed by atoms with Crippen molar-refractivity contribution in [3.8, 4) is 0 Å². The first-order valence-corrected chi connectivity index (χ1v) is 18.5. The molecule has 2 aliphatic heterocycles. The fourth-order valence-corrected chi connectivity index (χ4v) is 8.53. The first kappa shape index (κ1) is 37.4. The largest absolute Gasteiger partial charge is 0.434 e. The van der Waals surface area contributed by atoms with E-state index in [4.69, 9.17) is 5.10 Å². The maximum Gasteiger partial charge on any atom is 0.434 e. The Morgan fingerprint density at radius 1 is 1.02 bits per heavy atom. The molecule has 13 nitrogen and oxygen atoms in total. The van der Waals surface area contributed by atoms with Crippen molar-refractivity contribution >= 4 is 45.3 Å². The van der Waals surface area contributed by atoms with Gasteiger partial charge in [0, 0.05) is 37.3 Å². The summed E-state index contributed by atoms with van der Waals surface area (Å²) >= 11 is 0. The number of piperidine rings is 2. The summed E-state index contributed by atoms with van der Waals surface area (Å²) < 4.78 is 74.3. The fourth-order valence-electron chi connectivity index (χ4n) is 8.53. The molecule has 5 aromatic rings. The van der Waals surface area contributed by atoms with Crippen LogP contribution in [-0.2, 0) is 15.8 Å². The number of nitrogens with zero attached hydrogens (tertiary/aromatic N) is 7. The Morgan fingerprint density at radius 2 is 1.80 bits per heavy atom. The third kappa shape index (κ3) is 7.05. The van der Waals surface area contributed by atoms with Gasteiger partial charge in [-0.2, -0.15) is 18.3 Å². The van der Waals surface area contributed by atoms with Crippen LogP contribution in [0.15, 0.2) is 59.8 Å². The molecule has 0 spiro atoms. The number of fused-ring (bicyclic) bond motifs is 2. The second-order valence-electron chi connectivity index (χ2n) is 15.0. The number of aromatic amines is 1.